The largest absolute Gasteiger partial charge is 0.494 e. The van der Waals surface area contributed by atoms with Crippen molar-refractivity contribution in [1.82, 2.24) is 15.2 Å². The monoisotopic (exact) mass is 274 g/mol. The molecule has 5 heteroatoms. The number of nitrogens with one attached hydrogen (secondary N) is 1. The summed E-state index contributed by atoms with van der Waals surface area (Å²) in [6.45, 7) is 4.73. The fraction of sp³-hybridized carbons (Fsp3) is 0.400. The van der Waals surface area contributed by atoms with Crippen LogP contribution in [-0.4, -0.2) is 16.4 Å². The van der Waals surface area contributed by atoms with Crippen molar-refractivity contribution >= 4 is 0 Å². The quantitative estimate of drug-likeness (QED) is 0.624. The van der Waals surface area contributed by atoms with E-state index in [0.717, 1.165) is 29.1 Å². The van der Waals surface area contributed by atoms with E-state index in [2.05, 4.69) is 23.5 Å². The van der Waals surface area contributed by atoms with E-state index in [1.807, 2.05) is 42.9 Å². The molecular formula is C15H22N4O. The van der Waals surface area contributed by atoms with Crippen LogP contribution in [-0.2, 0) is 13.5 Å². The van der Waals surface area contributed by atoms with Crippen molar-refractivity contribution in [3.63, 3.8) is 0 Å². The molecule has 0 radical (unpaired) electrons. The molecule has 1 aromatic carbocycles. The maximum atomic E-state index is 5.73. The number of ether oxygens (including phenoxy) is 1. The topological polar surface area (TPSA) is 65.1 Å². The minimum Gasteiger partial charge on any atom is -0.494 e. The van der Waals surface area contributed by atoms with Gasteiger partial charge in [0, 0.05) is 7.05 Å². The first-order chi connectivity index (χ1) is 9.69. The van der Waals surface area contributed by atoms with E-state index < -0.39 is 0 Å². The van der Waals surface area contributed by atoms with Crippen LogP contribution in [0, 0.1) is 0 Å². The lowest BCUT2D eigenvalue weighted by Gasteiger charge is -2.17. The summed E-state index contributed by atoms with van der Waals surface area (Å²) in [7, 11) is 1.94. The van der Waals surface area contributed by atoms with E-state index in [1.165, 1.54) is 0 Å². The third-order valence-electron chi connectivity index (χ3n) is 3.32. The van der Waals surface area contributed by atoms with Gasteiger partial charge >= 0.3 is 0 Å². The molecular weight excluding hydrogens is 252 g/mol. The van der Waals surface area contributed by atoms with E-state index >= 15 is 0 Å². The summed E-state index contributed by atoms with van der Waals surface area (Å²) in [5.74, 6) is 6.60. The Labute approximate surface area is 119 Å². The molecule has 0 aliphatic rings. The molecule has 5 nitrogen and oxygen atoms in total. The second-order valence-corrected chi connectivity index (χ2v) is 4.64. The summed E-state index contributed by atoms with van der Waals surface area (Å²) in [5.41, 5.74) is 6.06. The molecule has 3 N–H and O–H groups in total. The van der Waals surface area contributed by atoms with Gasteiger partial charge in [0.15, 0.2) is 0 Å². The average molecular weight is 274 g/mol. The standard InChI is InChI=1S/C15H22N4O/c1-4-12-10-14(19(3)18-12)15(17-16)11-6-8-13(9-7-11)20-5-2/h6-10,15,17H,4-5,16H2,1-3H3. The molecule has 0 aliphatic carbocycles. The molecule has 0 fully saturated rings. The van der Waals surface area contributed by atoms with Crippen molar-refractivity contribution in [2.45, 2.75) is 26.3 Å². The summed E-state index contributed by atoms with van der Waals surface area (Å²) in [6.07, 6.45) is 0.911. The molecule has 0 amide bonds. The van der Waals surface area contributed by atoms with Crippen LogP contribution in [0.5, 0.6) is 5.75 Å². The number of nitrogens with zero attached hydrogens (tertiary/aromatic N) is 2. The first-order valence-corrected chi connectivity index (χ1v) is 6.91. The Kier molecular flexibility index (Phi) is 4.76. The van der Waals surface area contributed by atoms with Gasteiger partial charge in [0.2, 0.25) is 0 Å². The van der Waals surface area contributed by atoms with Crippen molar-refractivity contribution in [3.8, 4) is 5.75 Å². The molecule has 1 atom stereocenters. The molecule has 0 aliphatic heterocycles. The summed E-state index contributed by atoms with van der Waals surface area (Å²) in [6, 6.07) is 9.97. The lowest BCUT2D eigenvalue weighted by molar-refractivity contribution is 0.340. The third-order valence-corrected chi connectivity index (χ3v) is 3.32. The van der Waals surface area contributed by atoms with E-state index in [0.29, 0.717) is 6.61 Å². The fourth-order valence-corrected chi connectivity index (χ4v) is 2.26. The van der Waals surface area contributed by atoms with Gasteiger partial charge in [0.05, 0.1) is 24.0 Å². The van der Waals surface area contributed by atoms with Gasteiger partial charge in [-0.15, -0.1) is 0 Å². The molecule has 1 unspecified atom stereocenters. The lowest BCUT2D eigenvalue weighted by atomic mass is 10.0. The van der Waals surface area contributed by atoms with Crippen LogP contribution in [0.3, 0.4) is 0 Å². The van der Waals surface area contributed by atoms with Gasteiger partial charge in [-0.1, -0.05) is 19.1 Å². The highest BCUT2D eigenvalue weighted by Gasteiger charge is 2.17. The summed E-state index contributed by atoms with van der Waals surface area (Å²) in [4.78, 5) is 0. The lowest BCUT2D eigenvalue weighted by Crippen LogP contribution is -2.30. The molecule has 0 saturated carbocycles. The van der Waals surface area contributed by atoms with Gasteiger partial charge in [0.1, 0.15) is 5.75 Å². The zero-order valence-corrected chi connectivity index (χ0v) is 12.3. The molecule has 2 aromatic rings. The average Bonchev–Trinajstić information content (AvgIpc) is 2.83. The van der Waals surface area contributed by atoms with Gasteiger partial charge < -0.3 is 4.74 Å². The minimum absolute atomic E-state index is 0.0801. The molecule has 0 saturated heterocycles. The number of aryl methyl sites for hydroxylation is 2. The number of aromatic nitrogens is 2. The predicted octanol–water partition coefficient (Wildman–Crippen LogP) is 1.93. The molecule has 0 spiro atoms. The van der Waals surface area contributed by atoms with Crippen molar-refractivity contribution in [2.75, 3.05) is 6.61 Å². The van der Waals surface area contributed by atoms with E-state index in [9.17, 15) is 0 Å². The summed E-state index contributed by atoms with van der Waals surface area (Å²) < 4.78 is 7.33. The Morgan fingerprint density at radius 1 is 1.30 bits per heavy atom. The van der Waals surface area contributed by atoms with Gasteiger partial charge in [-0.05, 0) is 37.1 Å². The molecule has 1 heterocycles. The zero-order chi connectivity index (χ0) is 14.5. The molecule has 108 valence electrons. The summed E-state index contributed by atoms with van der Waals surface area (Å²) >= 11 is 0. The van der Waals surface area contributed by atoms with E-state index in [4.69, 9.17) is 10.6 Å². The van der Waals surface area contributed by atoms with Crippen molar-refractivity contribution < 1.29 is 4.74 Å². The van der Waals surface area contributed by atoms with Gasteiger partial charge in [0.25, 0.3) is 0 Å². The number of hydrogen-bond acceptors (Lipinski definition) is 4. The number of hydrazine groups is 1. The van der Waals surface area contributed by atoms with E-state index in [-0.39, 0.29) is 6.04 Å². The first-order valence-electron chi connectivity index (χ1n) is 6.91. The molecule has 0 bridgehead atoms. The normalized spacial score (nSPS) is 12.4. The van der Waals surface area contributed by atoms with Crippen molar-refractivity contribution in [3.05, 3.63) is 47.3 Å². The Hall–Kier alpha value is -1.85. The van der Waals surface area contributed by atoms with Crippen LogP contribution in [0.1, 0.15) is 36.8 Å². The van der Waals surface area contributed by atoms with Crippen molar-refractivity contribution in [2.24, 2.45) is 12.9 Å². The zero-order valence-electron chi connectivity index (χ0n) is 12.3. The van der Waals surface area contributed by atoms with Crippen LogP contribution in [0.2, 0.25) is 0 Å². The van der Waals surface area contributed by atoms with Crippen LogP contribution < -0.4 is 16.0 Å². The number of nitrogens with two attached hydrogens (primary N) is 1. The van der Waals surface area contributed by atoms with Crippen LogP contribution in [0.4, 0.5) is 0 Å². The van der Waals surface area contributed by atoms with Gasteiger partial charge in [-0.2, -0.15) is 5.10 Å². The van der Waals surface area contributed by atoms with Gasteiger partial charge in [-0.3, -0.25) is 10.5 Å². The Morgan fingerprint density at radius 2 is 2.00 bits per heavy atom. The first kappa shape index (κ1) is 14.6. The third kappa shape index (κ3) is 3.00. The second kappa shape index (κ2) is 6.54. The predicted molar refractivity (Wildman–Crippen MR) is 79.4 cm³/mol. The van der Waals surface area contributed by atoms with Crippen LogP contribution in [0.15, 0.2) is 30.3 Å². The number of benzene rings is 1. The Balaban J connectivity index is 2.28. The highest BCUT2D eigenvalue weighted by Crippen LogP contribution is 2.24. The molecule has 20 heavy (non-hydrogen) atoms. The molecule has 2 rings (SSSR count). The van der Waals surface area contributed by atoms with Crippen molar-refractivity contribution in [1.29, 1.82) is 0 Å². The fourth-order valence-electron chi connectivity index (χ4n) is 2.26. The minimum atomic E-state index is -0.0801. The number of rotatable bonds is 6. The highest BCUT2D eigenvalue weighted by atomic mass is 16.5. The second-order valence-electron chi connectivity index (χ2n) is 4.64. The maximum Gasteiger partial charge on any atom is 0.119 e. The number of hydrogen-bond donors (Lipinski definition) is 2. The summed E-state index contributed by atoms with van der Waals surface area (Å²) in [5, 5.41) is 4.47. The molecule has 1 aromatic heterocycles. The SMILES string of the molecule is CCOc1ccc(C(NN)c2cc(CC)nn2C)cc1. The smallest absolute Gasteiger partial charge is 0.119 e. The Bertz CT molecular complexity index is 548. The Morgan fingerprint density at radius 3 is 2.50 bits per heavy atom. The maximum absolute atomic E-state index is 5.73. The van der Waals surface area contributed by atoms with Crippen LogP contribution >= 0.6 is 0 Å². The van der Waals surface area contributed by atoms with Crippen LogP contribution in [0.25, 0.3) is 0 Å². The van der Waals surface area contributed by atoms with Gasteiger partial charge in [-0.25, -0.2) is 5.43 Å². The highest BCUT2D eigenvalue weighted by molar-refractivity contribution is 5.33. The van der Waals surface area contributed by atoms with E-state index in [1.54, 1.807) is 0 Å².